The van der Waals surface area contributed by atoms with Crippen LogP contribution in [0.4, 0.5) is 5.69 Å². The van der Waals surface area contributed by atoms with E-state index in [1.807, 2.05) is 0 Å². The van der Waals surface area contributed by atoms with Gasteiger partial charge in [0, 0.05) is 17.6 Å². The lowest BCUT2D eigenvalue weighted by molar-refractivity contribution is -0.120. The fraction of sp³-hybridized carbons (Fsp3) is 0.611. The first kappa shape index (κ1) is 19.7. The quantitative estimate of drug-likeness (QED) is 0.837. The van der Waals surface area contributed by atoms with Gasteiger partial charge in [0.15, 0.2) is 0 Å². The van der Waals surface area contributed by atoms with Gasteiger partial charge in [-0.15, -0.1) is 0 Å². The summed E-state index contributed by atoms with van der Waals surface area (Å²) in [6, 6.07) is 7.12. The summed E-state index contributed by atoms with van der Waals surface area (Å²) in [5.74, 6) is 0.643. The summed E-state index contributed by atoms with van der Waals surface area (Å²) in [6.07, 6.45) is 2.71. The summed E-state index contributed by atoms with van der Waals surface area (Å²) in [4.78, 5) is 12.4. The Balaban J connectivity index is 1.85. The molecule has 1 aromatic carbocycles. The maximum Gasteiger partial charge on any atom is 0.227 e. The van der Waals surface area contributed by atoms with E-state index in [4.69, 9.17) is 4.74 Å². The Morgan fingerprint density at radius 2 is 1.64 bits per heavy atom. The topological polar surface area (TPSA) is 84.5 Å². The minimum Gasteiger partial charge on any atom is -0.497 e. The van der Waals surface area contributed by atoms with Gasteiger partial charge in [-0.25, -0.2) is 13.1 Å². The normalized spacial score (nSPS) is 21.6. The summed E-state index contributed by atoms with van der Waals surface area (Å²) < 4.78 is 31.5. The Hall–Kier alpha value is -1.60. The standard InChI is InChI=1S/C18H28N2O4S/c1-18(2,3)25(22,23)20-15-7-5-13(6-8-15)17(21)19-14-9-11-16(24-4)12-10-14/h9-13,15,20H,5-8H2,1-4H3,(H,19,21). The molecule has 1 fully saturated rings. The largest absolute Gasteiger partial charge is 0.497 e. The van der Waals surface area contributed by atoms with Crippen molar-refractivity contribution in [1.82, 2.24) is 4.72 Å². The van der Waals surface area contributed by atoms with Gasteiger partial charge in [-0.05, 0) is 70.7 Å². The van der Waals surface area contributed by atoms with Crippen LogP contribution in [0.3, 0.4) is 0 Å². The van der Waals surface area contributed by atoms with E-state index in [9.17, 15) is 13.2 Å². The number of carbonyl (C=O) groups is 1. The van der Waals surface area contributed by atoms with Gasteiger partial charge in [0.25, 0.3) is 0 Å². The van der Waals surface area contributed by atoms with Crippen LogP contribution >= 0.6 is 0 Å². The molecule has 1 aromatic rings. The molecule has 0 heterocycles. The molecular weight excluding hydrogens is 340 g/mol. The van der Waals surface area contributed by atoms with Crippen LogP contribution in [0.25, 0.3) is 0 Å². The molecule has 1 aliphatic carbocycles. The van der Waals surface area contributed by atoms with Crippen LogP contribution < -0.4 is 14.8 Å². The van der Waals surface area contributed by atoms with Gasteiger partial charge in [0.1, 0.15) is 5.75 Å². The van der Waals surface area contributed by atoms with Crippen molar-refractivity contribution in [2.24, 2.45) is 5.92 Å². The summed E-state index contributed by atoms with van der Waals surface area (Å²) in [5, 5.41) is 2.92. The van der Waals surface area contributed by atoms with Gasteiger partial charge in [-0.1, -0.05) is 0 Å². The van der Waals surface area contributed by atoms with Crippen LogP contribution in [-0.2, 0) is 14.8 Å². The highest BCUT2D eigenvalue weighted by atomic mass is 32.2. The van der Waals surface area contributed by atoms with Gasteiger partial charge in [-0.3, -0.25) is 4.79 Å². The molecule has 2 rings (SSSR count). The first-order chi connectivity index (χ1) is 11.6. The second kappa shape index (κ2) is 7.74. The van der Waals surface area contributed by atoms with Gasteiger partial charge in [-0.2, -0.15) is 0 Å². The third-order valence-electron chi connectivity index (χ3n) is 4.58. The van der Waals surface area contributed by atoms with E-state index in [1.54, 1.807) is 52.1 Å². The van der Waals surface area contributed by atoms with Crippen molar-refractivity contribution >= 4 is 21.6 Å². The number of sulfonamides is 1. The Morgan fingerprint density at radius 3 is 2.12 bits per heavy atom. The van der Waals surface area contributed by atoms with E-state index in [0.29, 0.717) is 25.7 Å². The van der Waals surface area contributed by atoms with Crippen molar-refractivity contribution in [1.29, 1.82) is 0 Å². The number of rotatable bonds is 5. The molecule has 140 valence electrons. The molecule has 0 spiro atoms. The molecule has 0 bridgehead atoms. The number of ether oxygens (including phenoxy) is 1. The zero-order valence-electron chi connectivity index (χ0n) is 15.3. The Kier molecular flexibility index (Phi) is 6.11. The zero-order valence-corrected chi connectivity index (χ0v) is 16.2. The molecule has 1 amide bonds. The highest BCUT2D eigenvalue weighted by Gasteiger charge is 2.34. The molecule has 25 heavy (non-hydrogen) atoms. The lowest BCUT2D eigenvalue weighted by Crippen LogP contribution is -2.46. The third kappa shape index (κ3) is 5.19. The second-order valence-corrected chi connectivity index (χ2v) is 9.97. The van der Waals surface area contributed by atoms with Crippen LogP contribution in [0.1, 0.15) is 46.5 Å². The first-order valence-electron chi connectivity index (χ1n) is 8.59. The van der Waals surface area contributed by atoms with Gasteiger partial charge in [0.2, 0.25) is 15.9 Å². The Bertz CT molecular complexity index is 685. The zero-order chi connectivity index (χ0) is 18.7. The molecule has 6 nitrogen and oxygen atoms in total. The molecule has 0 radical (unpaired) electrons. The summed E-state index contributed by atoms with van der Waals surface area (Å²) >= 11 is 0. The van der Waals surface area contributed by atoms with E-state index in [1.165, 1.54) is 0 Å². The number of methoxy groups -OCH3 is 1. The number of hydrogen-bond acceptors (Lipinski definition) is 4. The average Bonchev–Trinajstić information content (AvgIpc) is 2.55. The number of benzene rings is 1. The van der Waals surface area contributed by atoms with Gasteiger partial charge in [0.05, 0.1) is 11.9 Å². The molecule has 0 aromatic heterocycles. The number of nitrogens with one attached hydrogen (secondary N) is 2. The van der Waals surface area contributed by atoms with Crippen LogP contribution in [0.15, 0.2) is 24.3 Å². The molecule has 1 saturated carbocycles. The van der Waals surface area contributed by atoms with Crippen molar-refractivity contribution in [3.8, 4) is 5.75 Å². The molecule has 7 heteroatoms. The number of anilines is 1. The fourth-order valence-electron chi connectivity index (χ4n) is 2.79. The van der Waals surface area contributed by atoms with E-state index in [-0.39, 0.29) is 17.9 Å². The lowest BCUT2D eigenvalue weighted by atomic mass is 9.86. The smallest absolute Gasteiger partial charge is 0.227 e. The van der Waals surface area contributed by atoms with Gasteiger partial charge >= 0.3 is 0 Å². The molecule has 0 saturated heterocycles. The minimum absolute atomic E-state index is 0.0118. The van der Waals surface area contributed by atoms with Crippen molar-refractivity contribution in [2.75, 3.05) is 12.4 Å². The minimum atomic E-state index is -3.35. The maximum absolute atomic E-state index is 12.4. The SMILES string of the molecule is COc1ccc(NC(=O)C2CCC(NS(=O)(=O)C(C)(C)C)CC2)cc1. The summed E-state index contributed by atoms with van der Waals surface area (Å²) in [7, 11) is -1.76. The Morgan fingerprint density at radius 1 is 1.08 bits per heavy atom. The van der Waals surface area contributed by atoms with Crippen LogP contribution in [0.2, 0.25) is 0 Å². The van der Waals surface area contributed by atoms with Crippen molar-refractivity contribution in [2.45, 2.75) is 57.2 Å². The number of hydrogen-bond donors (Lipinski definition) is 2. The highest BCUT2D eigenvalue weighted by Crippen LogP contribution is 2.27. The van der Waals surface area contributed by atoms with Gasteiger partial charge < -0.3 is 10.1 Å². The van der Waals surface area contributed by atoms with E-state index >= 15 is 0 Å². The summed E-state index contributed by atoms with van der Waals surface area (Å²) in [6.45, 7) is 5.05. The van der Waals surface area contributed by atoms with E-state index in [2.05, 4.69) is 10.0 Å². The highest BCUT2D eigenvalue weighted by molar-refractivity contribution is 7.90. The monoisotopic (exact) mass is 368 g/mol. The molecule has 0 unspecified atom stereocenters. The number of carbonyl (C=O) groups excluding carboxylic acids is 1. The summed E-state index contributed by atoms with van der Waals surface area (Å²) in [5.41, 5.74) is 0.737. The van der Waals surface area contributed by atoms with Crippen LogP contribution in [0, 0.1) is 5.92 Å². The van der Waals surface area contributed by atoms with Crippen molar-refractivity contribution < 1.29 is 17.9 Å². The second-order valence-electron chi connectivity index (χ2n) is 7.50. The maximum atomic E-state index is 12.4. The number of amides is 1. The molecule has 0 atom stereocenters. The third-order valence-corrected chi connectivity index (χ3v) is 6.84. The van der Waals surface area contributed by atoms with Crippen LogP contribution in [-0.4, -0.2) is 32.2 Å². The van der Waals surface area contributed by atoms with Crippen molar-refractivity contribution in [3.05, 3.63) is 24.3 Å². The molecular formula is C18H28N2O4S. The van der Waals surface area contributed by atoms with Crippen LogP contribution in [0.5, 0.6) is 5.75 Å². The Labute approximate surface area is 150 Å². The van der Waals surface area contributed by atoms with Crippen molar-refractivity contribution in [3.63, 3.8) is 0 Å². The fourth-order valence-corrected chi connectivity index (χ4v) is 3.82. The molecule has 2 N–H and O–H groups in total. The lowest BCUT2D eigenvalue weighted by Gasteiger charge is -2.30. The molecule has 0 aliphatic heterocycles. The first-order valence-corrected chi connectivity index (χ1v) is 10.1. The predicted molar refractivity (Wildman–Crippen MR) is 99.2 cm³/mol. The van der Waals surface area contributed by atoms with E-state index in [0.717, 1.165) is 11.4 Å². The average molecular weight is 368 g/mol. The predicted octanol–water partition coefficient (Wildman–Crippen LogP) is 2.91. The van der Waals surface area contributed by atoms with E-state index < -0.39 is 14.8 Å². The molecule has 1 aliphatic rings.